The summed E-state index contributed by atoms with van der Waals surface area (Å²) >= 11 is 4.88. The van der Waals surface area contributed by atoms with Gasteiger partial charge in [0.1, 0.15) is 6.54 Å². The largest absolute Gasteiger partial charge is 0.468 e. The standard InChI is InChI=1S/C10H18N2O3S/c1-5-10(2,8(11)16)9(14)12(3)6-7(13)15-4/h5-6H2,1-4H3,(H2,11,16). The van der Waals surface area contributed by atoms with Crippen LogP contribution in [-0.2, 0) is 14.3 Å². The fraction of sp³-hybridized carbons (Fsp3) is 0.700. The number of carbonyl (C=O) groups excluding carboxylic acids is 2. The molecule has 2 N–H and O–H groups in total. The Kier molecular flexibility index (Phi) is 5.37. The Morgan fingerprint density at radius 2 is 2.00 bits per heavy atom. The molecule has 0 aromatic carbocycles. The Hall–Kier alpha value is -1.17. The van der Waals surface area contributed by atoms with Gasteiger partial charge in [0.25, 0.3) is 0 Å². The quantitative estimate of drug-likeness (QED) is 0.558. The third-order valence-electron chi connectivity index (χ3n) is 2.66. The molecule has 92 valence electrons. The Balaban J connectivity index is 4.77. The van der Waals surface area contributed by atoms with Crippen LogP contribution in [0.1, 0.15) is 20.3 Å². The minimum absolute atomic E-state index is 0.104. The number of amides is 1. The van der Waals surface area contributed by atoms with E-state index in [9.17, 15) is 9.59 Å². The summed E-state index contributed by atoms with van der Waals surface area (Å²) in [6.07, 6.45) is 0.493. The van der Waals surface area contributed by atoms with Crippen molar-refractivity contribution < 1.29 is 14.3 Å². The first-order valence-corrected chi connectivity index (χ1v) is 5.32. The highest BCUT2D eigenvalue weighted by Crippen LogP contribution is 2.24. The second-order valence-electron chi connectivity index (χ2n) is 3.79. The minimum Gasteiger partial charge on any atom is -0.468 e. The van der Waals surface area contributed by atoms with Crippen LogP contribution in [0.25, 0.3) is 0 Å². The fourth-order valence-corrected chi connectivity index (χ4v) is 1.41. The first-order chi connectivity index (χ1) is 7.29. The van der Waals surface area contributed by atoms with Crippen LogP contribution >= 0.6 is 12.2 Å². The highest BCUT2D eigenvalue weighted by molar-refractivity contribution is 7.80. The van der Waals surface area contributed by atoms with Gasteiger partial charge in [-0.15, -0.1) is 0 Å². The molecule has 0 saturated carbocycles. The van der Waals surface area contributed by atoms with Crippen LogP contribution in [0.2, 0.25) is 0 Å². The van der Waals surface area contributed by atoms with Crippen LogP contribution in [0.5, 0.6) is 0 Å². The van der Waals surface area contributed by atoms with Gasteiger partial charge in [-0.05, 0) is 13.3 Å². The molecule has 1 unspecified atom stereocenters. The van der Waals surface area contributed by atoms with E-state index < -0.39 is 11.4 Å². The number of hydrogen-bond acceptors (Lipinski definition) is 4. The molecule has 0 spiro atoms. The van der Waals surface area contributed by atoms with Crippen molar-refractivity contribution in [3.05, 3.63) is 0 Å². The smallest absolute Gasteiger partial charge is 0.325 e. The zero-order valence-corrected chi connectivity index (χ0v) is 10.9. The number of rotatable bonds is 5. The van der Waals surface area contributed by atoms with Crippen molar-refractivity contribution >= 4 is 29.1 Å². The Labute approximate surface area is 101 Å². The number of esters is 1. The lowest BCUT2D eigenvalue weighted by molar-refractivity contribution is -0.148. The molecule has 0 saturated heterocycles. The van der Waals surface area contributed by atoms with Crippen LogP contribution < -0.4 is 5.73 Å². The second kappa shape index (κ2) is 5.79. The topological polar surface area (TPSA) is 72.6 Å². The lowest BCUT2D eigenvalue weighted by atomic mass is 9.86. The van der Waals surface area contributed by atoms with Crippen molar-refractivity contribution in [3.8, 4) is 0 Å². The van der Waals surface area contributed by atoms with Gasteiger partial charge in [-0.3, -0.25) is 9.59 Å². The van der Waals surface area contributed by atoms with Crippen molar-refractivity contribution in [2.45, 2.75) is 20.3 Å². The van der Waals surface area contributed by atoms with E-state index in [0.717, 1.165) is 0 Å². The number of hydrogen-bond donors (Lipinski definition) is 1. The first kappa shape index (κ1) is 14.8. The number of nitrogens with zero attached hydrogens (tertiary/aromatic N) is 1. The van der Waals surface area contributed by atoms with Crippen LogP contribution in [0, 0.1) is 5.41 Å². The SMILES string of the molecule is CCC(C)(C(=O)N(C)CC(=O)OC)C(N)=S. The van der Waals surface area contributed by atoms with Crippen LogP contribution in [0.15, 0.2) is 0 Å². The summed E-state index contributed by atoms with van der Waals surface area (Å²) in [5, 5.41) is 0. The lowest BCUT2D eigenvalue weighted by Crippen LogP contribution is -2.48. The van der Waals surface area contributed by atoms with E-state index in [4.69, 9.17) is 18.0 Å². The van der Waals surface area contributed by atoms with E-state index in [1.165, 1.54) is 19.1 Å². The lowest BCUT2D eigenvalue weighted by Gasteiger charge is -2.30. The third-order valence-corrected chi connectivity index (χ3v) is 3.11. The zero-order chi connectivity index (χ0) is 12.9. The number of carbonyl (C=O) groups is 2. The van der Waals surface area contributed by atoms with Crippen LogP contribution in [0.4, 0.5) is 0 Å². The predicted molar refractivity (Wildman–Crippen MR) is 64.8 cm³/mol. The molecule has 0 bridgehead atoms. The van der Waals surface area contributed by atoms with Gasteiger partial charge in [0, 0.05) is 7.05 Å². The van der Waals surface area contributed by atoms with E-state index in [2.05, 4.69) is 4.74 Å². The zero-order valence-electron chi connectivity index (χ0n) is 10.1. The molecule has 1 amide bonds. The molecule has 0 aromatic heterocycles. The van der Waals surface area contributed by atoms with E-state index in [0.29, 0.717) is 6.42 Å². The van der Waals surface area contributed by atoms with Gasteiger partial charge in [-0.1, -0.05) is 19.1 Å². The monoisotopic (exact) mass is 246 g/mol. The van der Waals surface area contributed by atoms with E-state index in [1.54, 1.807) is 6.92 Å². The molecule has 0 aliphatic heterocycles. The Bertz CT molecular complexity index is 306. The maximum atomic E-state index is 12.0. The maximum absolute atomic E-state index is 12.0. The summed E-state index contributed by atoms with van der Waals surface area (Å²) < 4.78 is 4.48. The molecule has 1 atom stereocenters. The molecular formula is C10H18N2O3S. The minimum atomic E-state index is -0.905. The maximum Gasteiger partial charge on any atom is 0.325 e. The first-order valence-electron chi connectivity index (χ1n) is 4.91. The number of thiocarbonyl (C=S) groups is 1. The molecule has 16 heavy (non-hydrogen) atoms. The molecule has 6 heteroatoms. The van der Waals surface area contributed by atoms with Crippen molar-refractivity contribution in [3.63, 3.8) is 0 Å². The highest BCUT2D eigenvalue weighted by Gasteiger charge is 2.37. The third kappa shape index (κ3) is 3.16. The Morgan fingerprint density at radius 1 is 1.50 bits per heavy atom. The van der Waals surface area contributed by atoms with Gasteiger partial charge in [-0.25, -0.2) is 0 Å². The van der Waals surface area contributed by atoms with Crippen molar-refractivity contribution in [1.82, 2.24) is 4.90 Å². The normalized spacial score (nSPS) is 13.8. The molecule has 0 aliphatic carbocycles. The number of likely N-dealkylation sites (N-methyl/N-ethyl adjacent to an activating group) is 1. The summed E-state index contributed by atoms with van der Waals surface area (Å²) in [4.78, 5) is 24.5. The molecule has 5 nitrogen and oxygen atoms in total. The summed E-state index contributed by atoms with van der Waals surface area (Å²) in [7, 11) is 2.79. The van der Waals surface area contributed by atoms with Gasteiger partial charge in [0.2, 0.25) is 5.91 Å². The molecule has 0 fully saturated rings. The highest BCUT2D eigenvalue weighted by atomic mass is 32.1. The van der Waals surface area contributed by atoms with E-state index in [-0.39, 0.29) is 17.4 Å². The molecule has 0 rings (SSSR count). The molecule has 0 radical (unpaired) electrons. The van der Waals surface area contributed by atoms with E-state index >= 15 is 0 Å². The average Bonchev–Trinajstić information content (AvgIpc) is 2.26. The summed E-state index contributed by atoms with van der Waals surface area (Å²) in [6, 6.07) is 0. The van der Waals surface area contributed by atoms with Crippen LogP contribution in [-0.4, -0.2) is 42.5 Å². The van der Waals surface area contributed by atoms with E-state index in [1.807, 2.05) is 6.92 Å². The van der Waals surface area contributed by atoms with Gasteiger partial charge < -0.3 is 15.4 Å². The molecule has 0 aliphatic rings. The van der Waals surface area contributed by atoms with Crippen molar-refractivity contribution in [2.75, 3.05) is 20.7 Å². The second-order valence-corrected chi connectivity index (χ2v) is 4.23. The molecule has 0 heterocycles. The summed E-state index contributed by atoms with van der Waals surface area (Å²) in [6.45, 7) is 3.39. The van der Waals surface area contributed by atoms with Gasteiger partial charge in [-0.2, -0.15) is 0 Å². The molecule has 0 aromatic rings. The van der Waals surface area contributed by atoms with Crippen molar-refractivity contribution in [2.24, 2.45) is 11.1 Å². The van der Waals surface area contributed by atoms with Gasteiger partial charge in [0.05, 0.1) is 17.5 Å². The summed E-state index contributed by atoms with van der Waals surface area (Å²) in [5.41, 5.74) is 4.65. The fourth-order valence-electron chi connectivity index (χ4n) is 1.18. The number of ether oxygens (including phenoxy) is 1. The summed E-state index contributed by atoms with van der Waals surface area (Å²) in [5.74, 6) is -0.745. The average molecular weight is 246 g/mol. The Morgan fingerprint density at radius 3 is 2.31 bits per heavy atom. The van der Waals surface area contributed by atoms with Crippen molar-refractivity contribution in [1.29, 1.82) is 0 Å². The number of nitrogens with two attached hydrogens (primary N) is 1. The molecular weight excluding hydrogens is 228 g/mol. The predicted octanol–water partition coefficient (Wildman–Crippen LogP) is 0.320. The van der Waals surface area contributed by atoms with Crippen LogP contribution in [0.3, 0.4) is 0 Å². The number of methoxy groups -OCH3 is 1. The van der Waals surface area contributed by atoms with Gasteiger partial charge >= 0.3 is 5.97 Å². The van der Waals surface area contributed by atoms with Gasteiger partial charge in [0.15, 0.2) is 0 Å².